The van der Waals surface area contributed by atoms with E-state index in [4.69, 9.17) is 0 Å². The number of hydrogen-bond acceptors (Lipinski definition) is 6. The third-order valence-electron chi connectivity index (χ3n) is 6.42. The lowest BCUT2D eigenvalue weighted by Crippen LogP contribution is -2.35. The zero-order chi connectivity index (χ0) is 23.8. The first-order valence-electron chi connectivity index (χ1n) is 10.7. The van der Waals surface area contributed by atoms with Crippen LogP contribution in [0.15, 0.2) is 36.8 Å². The predicted octanol–water partition coefficient (Wildman–Crippen LogP) is 4.15. The summed E-state index contributed by atoms with van der Waals surface area (Å²) in [7, 11) is 1.77. The fourth-order valence-electron chi connectivity index (χ4n) is 4.43. The topological polar surface area (TPSA) is 90.8 Å². The summed E-state index contributed by atoms with van der Waals surface area (Å²) in [4.78, 5) is 8.84. The predicted molar refractivity (Wildman–Crippen MR) is 118 cm³/mol. The molecule has 0 unspecified atom stereocenters. The lowest BCUT2D eigenvalue weighted by molar-refractivity contribution is -0.173. The van der Waals surface area contributed by atoms with Crippen molar-refractivity contribution in [1.82, 2.24) is 39.1 Å². The lowest BCUT2D eigenvalue weighted by atomic mass is 9.94. The Morgan fingerprint density at radius 2 is 1.88 bits per heavy atom. The molecule has 0 amide bonds. The van der Waals surface area contributed by atoms with E-state index in [1.807, 2.05) is 32.0 Å². The minimum atomic E-state index is -4.46. The smallest absolute Gasteiger partial charge is 0.363 e. The van der Waals surface area contributed by atoms with Crippen LogP contribution in [0.4, 0.5) is 19.0 Å². The van der Waals surface area contributed by atoms with E-state index in [-0.39, 0.29) is 23.8 Å². The Balaban J connectivity index is 1.44. The average molecular weight is 467 g/mol. The number of benzene rings is 1. The van der Waals surface area contributed by atoms with Crippen molar-refractivity contribution in [3.63, 3.8) is 0 Å². The molecular formula is C22H20F3N9. The summed E-state index contributed by atoms with van der Waals surface area (Å²) in [6.07, 6.45) is -1.50. The molecule has 0 fully saturated rings. The molecule has 1 aliphatic rings. The van der Waals surface area contributed by atoms with Crippen LogP contribution >= 0.6 is 0 Å². The molecule has 1 N–H and O–H groups in total. The van der Waals surface area contributed by atoms with Crippen molar-refractivity contribution in [3.05, 3.63) is 53.5 Å². The fraction of sp³-hybridized carbons (Fsp3) is 0.318. The van der Waals surface area contributed by atoms with Gasteiger partial charge in [0.2, 0.25) is 5.82 Å². The van der Waals surface area contributed by atoms with Crippen LogP contribution in [-0.4, -0.2) is 45.3 Å². The summed E-state index contributed by atoms with van der Waals surface area (Å²) in [5, 5.41) is 16.8. The number of fused-ring (bicyclic) bond motifs is 4. The van der Waals surface area contributed by atoms with Crippen LogP contribution in [0.1, 0.15) is 35.2 Å². The molecular weight excluding hydrogens is 447 g/mol. The van der Waals surface area contributed by atoms with Gasteiger partial charge in [-0.15, -0.1) is 5.10 Å². The van der Waals surface area contributed by atoms with Gasteiger partial charge in [0.05, 0.1) is 17.6 Å². The number of halogens is 3. The minimum Gasteiger partial charge on any atom is -0.363 e. The first-order valence-corrected chi connectivity index (χ1v) is 10.7. The second kappa shape index (κ2) is 7.02. The summed E-state index contributed by atoms with van der Waals surface area (Å²) in [5.74, 6) is 0.487. The van der Waals surface area contributed by atoms with E-state index < -0.39 is 18.3 Å². The zero-order valence-corrected chi connectivity index (χ0v) is 18.5. The highest BCUT2D eigenvalue weighted by atomic mass is 19.4. The van der Waals surface area contributed by atoms with Crippen LogP contribution in [0.5, 0.6) is 0 Å². The molecule has 9 nitrogen and oxygen atoms in total. The van der Waals surface area contributed by atoms with Crippen molar-refractivity contribution >= 4 is 22.5 Å². The van der Waals surface area contributed by atoms with Gasteiger partial charge >= 0.3 is 6.18 Å². The lowest BCUT2D eigenvalue weighted by Gasteiger charge is -2.33. The maximum absolute atomic E-state index is 14.1. The third kappa shape index (κ3) is 3.12. The van der Waals surface area contributed by atoms with E-state index in [1.54, 1.807) is 24.0 Å². The first-order chi connectivity index (χ1) is 16.2. The van der Waals surface area contributed by atoms with Crippen LogP contribution in [0, 0.1) is 13.8 Å². The number of hydrogen-bond donors (Lipinski definition) is 1. The Morgan fingerprint density at radius 3 is 2.65 bits per heavy atom. The highest BCUT2D eigenvalue weighted by Gasteiger charge is 2.46. The van der Waals surface area contributed by atoms with E-state index >= 15 is 0 Å². The molecule has 0 aliphatic carbocycles. The number of anilines is 1. The van der Waals surface area contributed by atoms with Crippen LogP contribution in [0.25, 0.3) is 28.2 Å². The molecule has 0 bridgehead atoms. The maximum atomic E-state index is 14.1. The summed E-state index contributed by atoms with van der Waals surface area (Å²) in [5.41, 5.74) is 4.32. The largest absolute Gasteiger partial charge is 0.410 e. The van der Waals surface area contributed by atoms with E-state index in [0.29, 0.717) is 16.7 Å². The van der Waals surface area contributed by atoms with Crippen molar-refractivity contribution in [2.75, 3.05) is 5.32 Å². The monoisotopic (exact) mass is 467 g/mol. The SMILES string of the molecule is Cc1ccc([C@@H]2C[C@H](C(F)(F)F)n3nc(-c4nc5c6cnn(C)c6ncn5n4)cc3N2)cc1C. The Kier molecular flexibility index (Phi) is 4.26. The van der Waals surface area contributed by atoms with Crippen molar-refractivity contribution < 1.29 is 13.2 Å². The summed E-state index contributed by atoms with van der Waals surface area (Å²) >= 11 is 0. The van der Waals surface area contributed by atoms with Crippen LogP contribution in [0.3, 0.4) is 0 Å². The molecule has 0 spiro atoms. The molecule has 12 heteroatoms. The van der Waals surface area contributed by atoms with Gasteiger partial charge in [-0.25, -0.2) is 19.2 Å². The molecule has 34 heavy (non-hydrogen) atoms. The van der Waals surface area contributed by atoms with E-state index in [1.165, 1.54) is 10.8 Å². The van der Waals surface area contributed by atoms with Gasteiger partial charge in [-0.3, -0.25) is 4.68 Å². The number of rotatable bonds is 2. The average Bonchev–Trinajstić information content (AvgIpc) is 3.50. The van der Waals surface area contributed by atoms with Gasteiger partial charge in [0, 0.05) is 19.5 Å². The van der Waals surface area contributed by atoms with E-state index in [2.05, 4.69) is 30.6 Å². The minimum absolute atomic E-state index is 0.168. The highest BCUT2D eigenvalue weighted by molar-refractivity contribution is 5.88. The molecule has 5 aromatic rings. The number of alkyl halides is 3. The van der Waals surface area contributed by atoms with Crippen LogP contribution < -0.4 is 5.32 Å². The normalized spacial score (nSPS) is 18.4. The number of aryl methyl sites for hydroxylation is 3. The molecule has 4 aromatic heterocycles. The standard InChI is InChI=1S/C22H20F3N9/c1-11-4-5-13(6-12(11)2)15-7-17(22(23,24)25)34-18(28-15)8-16(30-34)19-29-21-14-9-27-32(3)20(14)26-10-33(21)31-19/h4-6,8-10,15,17,28H,7H2,1-3H3/t15-,17+/m0/s1. The molecule has 1 aromatic carbocycles. The van der Waals surface area contributed by atoms with Gasteiger partial charge in [-0.1, -0.05) is 18.2 Å². The van der Waals surface area contributed by atoms with Gasteiger partial charge in [0.15, 0.2) is 17.3 Å². The summed E-state index contributed by atoms with van der Waals surface area (Å²) < 4.78 is 46.3. The molecule has 0 radical (unpaired) electrons. The molecule has 0 saturated heterocycles. The molecule has 2 atom stereocenters. The van der Waals surface area contributed by atoms with Crippen molar-refractivity contribution in [3.8, 4) is 11.5 Å². The maximum Gasteiger partial charge on any atom is 0.410 e. The van der Waals surface area contributed by atoms with Gasteiger partial charge in [-0.2, -0.15) is 23.4 Å². The Labute approximate surface area is 191 Å². The fourth-order valence-corrected chi connectivity index (χ4v) is 4.43. The molecule has 174 valence electrons. The van der Waals surface area contributed by atoms with Gasteiger partial charge in [0.1, 0.15) is 17.8 Å². The first kappa shape index (κ1) is 20.6. The third-order valence-corrected chi connectivity index (χ3v) is 6.42. The molecule has 1 aliphatic heterocycles. The molecule has 6 rings (SSSR count). The number of nitrogens with one attached hydrogen (secondary N) is 1. The molecule has 5 heterocycles. The Bertz CT molecular complexity index is 1560. The van der Waals surface area contributed by atoms with Crippen LogP contribution in [-0.2, 0) is 7.05 Å². The van der Waals surface area contributed by atoms with E-state index in [9.17, 15) is 13.2 Å². The number of nitrogens with zero attached hydrogens (tertiary/aromatic N) is 8. The molecule has 0 saturated carbocycles. The number of aromatic nitrogens is 8. The Hall–Kier alpha value is -3.96. The second-order valence-corrected chi connectivity index (χ2v) is 8.65. The zero-order valence-electron chi connectivity index (χ0n) is 18.5. The van der Waals surface area contributed by atoms with E-state index in [0.717, 1.165) is 21.4 Å². The van der Waals surface area contributed by atoms with Gasteiger partial charge in [-0.05, 0) is 30.5 Å². The van der Waals surface area contributed by atoms with Crippen LogP contribution in [0.2, 0.25) is 0 Å². The van der Waals surface area contributed by atoms with Gasteiger partial charge < -0.3 is 5.32 Å². The quantitative estimate of drug-likeness (QED) is 0.420. The highest BCUT2D eigenvalue weighted by Crippen LogP contribution is 2.44. The van der Waals surface area contributed by atoms with Crippen molar-refractivity contribution in [2.45, 2.75) is 38.5 Å². The summed E-state index contributed by atoms with van der Waals surface area (Å²) in [6, 6.07) is 5.03. The second-order valence-electron chi connectivity index (χ2n) is 8.65. The Morgan fingerprint density at radius 1 is 1.06 bits per heavy atom. The summed E-state index contributed by atoms with van der Waals surface area (Å²) in [6.45, 7) is 3.93. The van der Waals surface area contributed by atoms with Crippen molar-refractivity contribution in [1.29, 1.82) is 0 Å². The van der Waals surface area contributed by atoms with Crippen molar-refractivity contribution in [2.24, 2.45) is 7.05 Å². The van der Waals surface area contributed by atoms with Gasteiger partial charge in [0.25, 0.3) is 0 Å².